The smallest absolute Gasteiger partial charge is 0.316 e. The van der Waals surface area contributed by atoms with Crippen molar-refractivity contribution in [3.05, 3.63) is 41.6 Å². The minimum Gasteiger partial charge on any atom is -0.467 e. The number of nitrogens with zero attached hydrogens (tertiary/aromatic N) is 3. The van der Waals surface area contributed by atoms with Crippen LogP contribution in [-0.2, 0) is 6.54 Å². The molecular weight excluding hydrogens is 308 g/mol. The van der Waals surface area contributed by atoms with Crippen LogP contribution in [0.2, 0.25) is 0 Å². The van der Waals surface area contributed by atoms with Gasteiger partial charge in [0.1, 0.15) is 0 Å². The number of carbonyl (C=O) groups is 1. The second-order valence-electron chi connectivity index (χ2n) is 6.11. The normalized spacial score (nSPS) is 17.8. The van der Waals surface area contributed by atoms with Gasteiger partial charge in [-0.05, 0) is 31.9 Å². The molecular formula is C17H22N4O3. The highest BCUT2D eigenvalue weighted by atomic mass is 16.5. The zero-order valence-electron chi connectivity index (χ0n) is 14.0. The van der Waals surface area contributed by atoms with Gasteiger partial charge >= 0.3 is 6.01 Å². The molecule has 1 fully saturated rings. The van der Waals surface area contributed by atoms with E-state index >= 15 is 0 Å². The van der Waals surface area contributed by atoms with Gasteiger partial charge in [0.15, 0.2) is 5.76 Å². The minimum absolute atomic E-state index is 0.139. The van der Waals surface area contributed by atoms with Crippen molar-refractivity contribution in [3.63, 3.8) is 0 Å². The van der Waals surface area contributed by atoms with E-state index in [1.54, 1.807) is 31.8 Å². The number of furan rings is 1. The van der Waals surface area contributed by atoms with Crippen molar-refractivity contribution >= 4 is 5.91 Å². The molecule has 0 bridgehead atoms. The number of amides is 1. The third-order valence-corrected chi connectivity index (χ3v) is 4.26. The Morgan fingerprint density at radius 1 is 1.46 bits per heavy atom. The zero-order chi connectivity index (χ0) is 16.9. The number of methoxy groups -OCH3 is 1. The number of ether oxygens (including phenoxy) is 1. The molecule has 1 aliphatic heterocycles. The minimum atomic E-state index is -0.139. The van der Waals surface area contributed by atoms with Gasteiger partial charge in [0, 0.05) is 43.2 Å². The van der Waals surface area contributed by atoms with Crippen LogP contribution in [0.15, 0.2) is 29.1 Å². The van der Waals surface area contributed by atoms with Crippen LogP contribution in [0.3, 0.4) is 0 Å². The highest BCUT2D eigenvalue weighted by Crippen LogP contribution is 2.18. The maximum Gasteiger partial charge on any atom is 0.316 e. The summed E-state index contributed by atoms with van der Waals surface area (Å²) in [5.74, 6) is 0.711. The van der Waals surface area contributed by atoms with Gasteiger partial charge in [-0.2, -0.15) is 0 Å². The fraction of sp³-hybridized carbons (Fsp3) is 0.471. The van der Waals surface area contributed by atoms with Gasteiger partial charge in [-0.3, -0.25) is 9.69 Å². The molecule has 0 radical (unpaired) electrons. The van der Waals surface area contributed by atoms with Crippen molar-refractivity contribution in [3.8, 4) is 6.01 Å². The maximum atomic E-state index is 12.1. The van der Waals surface area contributed by atoms with Crippen LogP contribution in [0.4, 0.5) is 0 Å². The monoisotopic (exact) mass is 330 g/mol. The predicted molar refractivity (Wildman–Crippen MR) is 87.7 cm³/mol. The molecule has 0 unspecified atom stereocenters. The number of nitrogens with one attached hydrogen (secondary N) is 1. The molecule has 1 amide bonds. The Morgan fingerprint density at radius 2 is 2.25 bits per heavy atom. The Balaban J connectivity index is 1.45. The van der Waals surface area contributed by atoms with Gasteiger partial charge in [0.25, 0.3) is 5.91 Å². The fourth-order valence-corrected chi connectivity index (χ4v) is 2.93. The number of rotatable bonds is 6. The number of likely N-dealkylation sites (tertiary alicyclic amines) is 1. The third kappa shape index (κ3) is 3.91. The summed E-state index contributed by atoms with van der Waals surface area (Å²) in [7, 11) is 1.55. The molecule has 0 aromatic carbocycles. The van der Waals surface area contributed by atoms with Gasteiger partial charge in [-0.15, -0.1) is 0 Å². The summed E-state index contributed by atoms with van der Waals surface area (Å²) in [6.45, 7) is 5.29. The van der Waals surface area contributed by atoms with Gasteiger partial charge in [-0.1, -0.05) is 0 Å². The van der Waals surface area contributed by atoms with Crippen molar-refractivity contribution in [2.24, 2.45) is 5.92 Å². The van der Waals surface area contributed by atoms with E-state index in [0.29, 0.717) is 24.2 Å². The van der Waals surface area contributed by atoms with E-state index < -0.39 is 0 Å². The molecule has 3 heterocycles. The first-order valence-electron chi connectivity index (χ1n) is 8.05. The average Bonchev–Trinajstić information content (AvgIpc) is 3.22. The first kappa shape index (κ1) is 16.4. The molecule has 24 heavy (non-hydrogen) atoms. The van der Waals surface area contributed by atoms with Crippen LogP contribution in [0.1, 0.15) is 28.1 Å². The van der Waals surface area contributed by atoms with E-state index in [-0.39, 0.29) is 5.91 Å². The summed E-state index contributed by atoms with van der Waals surface area (Å²) in [6.07, 6.45) is 6.19. The van der Waals surface area contributed by atoms with Gasteiger partial charge in [0.2, 0.25) is 0 Å². The lowest BCUT2D eigenvalue weighted by molar-refractivity contribution is 0.0918. The first-order valence-corrected chi connectivity index (χ1v) is 8.05. The Labute approximate surface area is 141 Å². The molecule has 1 N–H and O–H groups in total. The second kappa shape index (κ2) is 7.44. The van der Waals surface area contributed by atoms with E-state index in [4.69, 9.17) is 9.15 Å². The lowest BCUT2D eigenvalue weighted by atomic mass is 10.1. The zero-order valence-corrected chi connectivity index (χ0v) is 14.0. The largest absolute Gasteiger partial charge is 0.467 e. The van der Waals surface area contributed by atoms with Crippen molar-refractivity contribution in [1.29, 1.82) is 0 Å². The van der Waals surface area contributed by atoms with Gasteiger partial charge < -0.3 is 14.5 Å². The van der Waals surface area contributed by atoms with E-state index in [9.17, 15) is 4.79 Å². The molecule has 1 saturated heterocycles. The number of hydrogen-bond acceptors (Lipinski definition) is 6. The van der Waals surface area contributed by atoms with Crippen molar-refractivity contribution in [1.82, 2.24) is 20.2 Å². The summed E-state index contributed by atoms with van der Waals surface area (Å²) in [6, 6.07) is 2.18. The molecule has 0 aliphatic carbocycles. The Bertz CT molecular complexity index is 683. The molecule has 7 heteroatoms. The van der Waals surface area contributed by atoms with E-state index in [0.717, 1.165) is 37.2 Å². The van der Waals surface area contributed by atoms with Crippen LogP contribution in [-0.4, -0.2) is 47.5 Å². The lowest BCUT2D eigenvalue weighted by Crippen LogP contribution is -2.31. The van der Waals surface area contributed by atoms with Gasteiger partial charge in [0.05, 0.1) is 13.4 Å². The van der Waals surface area contributed by atoms with E-state index in [1.807, 2.05) is 6.92 Å². The lowest BCUT2D eigenvalue weighted by Gasteiger charge is -2.16. The van der Waals surface area contributed by atoms with Crippen LogP contribution in [0, 0.1) is 12.8 Å². The van der Waals surface area contributed by atoms with Crippen molar-refractivity contribution in [2.75, 3.05) is 26.7 Å². The third-order valence-electron chi connectivity index (χ3n) is 4.26. The standard InChI is InChI=1S/C17H22N4O3/c1-12-4-6-24-15(12)16(22)18-7-13-3-5-21(10-13)11-14-8-19-17(23-2)20-9-14/h4,6,8-9,13H,3,5,7,10-11H2,1-2H3,(H,18,22)/t13-/m0/s1. The summed E-state index contributed by atoms with van der Waals surface area (Å²) in [4.78, 5) is 22.7. The van der Waals surface area contributed by atoms with Gasteiger partial charge in [-0.25, -0.2) is 9.97 Å². The summed E-state index contributed by atoms with van der Waals surface area (Å²) >= 11 is 0. The molecule has 2 aromatic heterocycles. The van der Waals surface area contributed by atoms with Crippen LogP contribution in [0.25, 0.3) is 0 Å². The SMILES string of the molecule is COc1ncc(CN2CC[C@@H](CNC(=O)c3occc3C)C2)cn1. The molecule has 3 rings (SSSR count). The average molecular weight is 330 g/mol. The topological polar surface area (TPSA) is 80.5 Å². The molecule has 1 atom stereocenters. The highest BCUT2D eigenvalue weighted by molar-refractivity contribution is 5.92. The van der Waals surface area contributed by atoms with Crippen LogP contribution >= 0.6 is 0 Å². The molecule has 0 saturated carbocycles. The van der Waals surface area contributed by atoms with Crippen molar-refractivity contribution < 1.29 is 13.9 Å². The molecule has 0 spiro atoms. The van der Waals surface area contributed by atoms with Crippen LogP contribution in [0.5, 0.6) is 6.01 Å². The molecule has 128 valence electrons. The first-order chi connectivity index (χ1) is 11.7. The maximum absolute atomic E-state index is 12.1. The number of carbonyl (C=O) groups excluding carboxylic acids is 1. The summed E-state index contributed by atoms with van der Waals surface area (Å²) in [5.41, 5.74) is 1.92. The Kier molecular flexibility index (Phi) is 5.10. The highest BCUT2D eigenvalue weighted by Gasteiger charge is 2.24. The van der Waals surface area contributed by atoms with Crippen LogP contribution < -0.4 is 10.1 Å². The quantitative estimate of drug-likeness (QED) is 0.867. The number of aryl methyl sites for hydroxylation is 1. The van der Waals surface area contributed by atoms with E-state index in [2.05, 4.69) is 20.2 Å². The molecule has 7 nitrogen and oxygen atoms in total. The summed E-state index contributed by atoms with van der Waals surface area (Å²) < 4.78 is 10.2. The molecule has 2 aromatic rings. The number of aromatic nitrogens is 2. The fourth-order valence-electron chi connectivity index (χ4n) is 2.93. The molecule has 1 aliphatic rings. The number of hydrogen-bond donors (Lipinski definition) is 1. The Morgan fingerprint density at radius 3 is 2.92 bits per heavy atom. The predicted octanol–water partition coefficient (Wildman–Crippen LogP) is 1.64. The summed E-state index contributed by atoms with van der Waals surface area (Å²) in [5, 5.41) is 2.97. The van der Waals surface area contributed by atoms with E-state index in [1.165, 1.54) is 0 Å². The second-order valence-corrected chi connectivity index (χ2v) is 6.11. The Hall–Kier alpha value is -2.41. The van der Waals surface area contributed by atoms with Crippen molar-refractivity contribution in [2.45, 2.75) is 19.9 Å².